The van der Waals surface area contributed by atoms with Gasteiger partial charge in [-0.05, 0) is 72.4 Å². The predicted molar refractivity (Wildman–Crippen MR) is 94.9 cm³/mol. The zero-order valence-corrected chi connectivity index (χ0v) is 15.1. The fourth-order valence-electron chi connectivity index (χ4n) is 1.78. The number of carbonyl (C=O) groups is 1. The second-order valence-corrected chi connectivity index (χ2v) is 6.32. The van der Waals surface area contributed by atoms with Crippen LogP contribution < -0.4 is 4.74 Å². The van der Waals surface area contributed by atoms with E-state index in [1.54, 1.807) is 0 Å². The third kappa shape index (κ3) is 4.04. The smallest absolute Gasteiger partial charge is 0.352 e. The number of H-pyrrole nitrogens is 1. The average molecular weight is 430 g/mol. The zero-order chi connectivity index (χ0) is 16.3. The summed E-state index contributed by atoms with van der Waals surface area (Å²) in [6.07, 6.45) is 1.07. The van der Waals surface area contributed by atoms with Crippen LogP contribution >= 0.6 is 34.8 Å². The van der Waals surface area contributed by atoms with Gasteiger partial charge >= 0.3 is 5.97 Å². The first-order valence-electron chi connectivity index (χ1n) is 6.72. The van der Waals surface area contributed by atoms with E-state index in [1.165, 1.54) is 6.07 Å². The predicted octanol–water partition coefficient (Wildman–Crippen LogP) is 4.29. The lowest BCUT2D eigenvalue weighted by Gasteiger charge is -2.14. The number of carboxylic acids is 1. The van der Waals surface area contributed by atoms with Gasteiger partial charge < -0.3 is 14.8 Å². The molecule has 0 fully saturated rings. The molecular weight excluding hydrogens is 415 g/mol. The summed E-state index contributed by atoms with van der Waals surface area (Å²) in [7, 11) is 0. The van der Waals surface area contributed by atoms with Crippen molar-refractivity contribution in [1.82, 2.24) is 9.97 Å². The Labute approximate surface area is 146 Å². The fraction of sp³-hybridized carbons (Fsp3) is 0.267. The van der Waals surface area contributed by atoms with E-state index in [4.69, 9.17) is 22.1 Å². The van der Waals surface area contributed by atoms with Gasteiger partial charge in [0.2, 0.25) is 0 Å². The molecule has 1 atom stereocenters. The van der Waals surface area contributed by atoms with Crippen molar-refractivity contribution in [3.05, 3.63) is 38.3 Å². The number of aromatic carboxylic acids is 1. The van der Waals surface area contributed by atoms with E-state index < -0.39 is 5.97 Å². The third-order valence-electron chi connectivity index (χ3n) is 3.11. The zero-order valence-electron chi connectivity index (χ0n) is 12.1. The molecule has 0 aliphatic heterocycles. The number of carboxylic acid groups (broad SMARTS) is 1. The summed E-state index contributed by atoms with van der Waals surface area (Å²) in [4.78, 5) is 17.8. The molecule has 22 heavy (non-hydrogen) atoms. The number of ether oxygens (including phenoxy) is 1. The van der Waals surface area contributed by atoms with Crippen LogP contribution in [0.15, 0.2) is 24.3 Å². The Morgan fingerprint density at radius 1 is 1.50 bits per heavy atom. The SMILES string of the molecule is CCC(C)Oc1ccc(-c2cc(C(=O)O)[nH]c(=S)n2)cc1I. The summed E-state index contributed by atoms with van der Waals surface area (Å²) in [6.45, 7) is 4.08. The molecule has 0 radical (unpaired) electrons. The van der Waals surface area contributed by atoms with Crippen molar-refractivity contribution in [2.45, 2.75) is 26.4 Å². The number of aromatic nitrogens is 2. The van der Waals surface area contributed by atoms with Gasteiger partial charge in [-0.15, -0.1) is 0 Å². The minimum absolute atomic E-state index is 0.0185. The first-order valence-corrected chi connectivity index (χ1v) is 8.20. The van der Waals surface area contributed by atoms with Crippen LogP contribution in [0.3, 0.4) is 0 Å². The standard InChI is InChI=1S/C15H15IN2O3S/c1-3-8(2)21-13-5-4-9(6-10(13)16)11-7-12(14(19)20)18-15(22)17-11/h4-8H,3H2,1-2H3,(H,19,20)(H,17,18,22). The molecule has 0 aliphatic rings. The molecule has 2 N–H and O–H groups in total. The molecule has 0 bridgehead atoms. The van der Waals surface area contributed by atoms with E-state index in [0.29, 0.717) is 5.69 Å². The van der Waals surface area contributed by atoms with Crippen molar-refractivity contribution in [1.29, 1.82) is 0 Å². The Morgan fingerprint density at radius 3 is 2.82 bits per heavy atom. The molecule has 116 valence electrons. The normalized spacial score (nSPS) is 12.0. The molecule has 0 aliphatic carbocycles. The van der Waals surface area contributed by atoms with Crippen LogP contribution in [-0.4, -0.2) is 27.1 Å². The third-order valence-corrected chi connectivity index (χ3v) is 4.14. The van der Waals surface area contributed by atoms with Gasteiger partial charge in [0.25, 0.3) is 0 Å². The summed E-state index contributed by atoms with van der Waals surface area (Å²) in [6, 6.07) is 7.09. The molecule has 1 heterocycles. The van der Waals surface area contributed by atoms with E-state index in [1.807, 2.05) is 25.1 Å². The minimum Gasteiger partial charge on any atom is -0.490 e. The maximum absolute atomic E-state index is 11.1. The van der Waals surface area contributed by atoms with Crippen LogP contribution in [0, 0.1) is 8.34 Å². The highest BCUT2D eigenvalue weighted by molar-refractivity contribution is 14.1. The molecule has 2 rings (SSSR count). The summed E-state index contributed by atoms with van der Waals surface area (Å²) in [5.74, 6) is -0.264. The quantitative estimate of drug-likeness (QED) is 0.547. The molecule has 2 aromatic rings. The molecule has 5 nitrogen and oxygen atoms in total. The van der Waals surface area contributed by atoms with Crippen molar-refractivity contribution in [2.24, 2.45) is 0 Å². The Balaban J connectivity index is 2.40. The molecule has 0 spiro atoms. The topological polar surface area (TPSA) is 75.2 Å². The minimum atomic E-state index is -1.07. The number of hydrogen-bond acceptors (Lipinski definition) is 4. The fourth-order valence-corrected chi connectivity index (χ4v) is 2.63. The molecule has 0 saturated heterocycles. The highest BCUT2D eigenvalue weighted by atomic mass is 127. The number of benzene rings is 1. The van der Waals surface area contributed by atoms with Crippen LogP contribution in [0.1, 0.15) is 30.8 Å². The van der Waals surface area contributed by atoms with Crippen molar-refractivity contribution in [2.75, 3.05) is 0 Å². The number of nitrogens with one attached hydrogen (secondary N) is 1. The molecular formula is C15H15IN2O3S. The summed E-state index contributed by atoms with van der Waals surface area (Å²) >= 11 is 7.17. The van der Waals surface area contributed by atoms with E-state index in [2.05, 4.69) is 39.5 Å². The van der Waals surface area contributed by atoms with Crippen LogP contribution in [-0.2, 0) is 0 Å². The lowest BCUT2D eigenvalue weighted by Crippen LogP contribution is -2.10. The summed E-state index contributed by atoms with van der Waals surface area (Å²) in [5.41, 5.74) is 1.34. The second-order valence-electron chi connectivity index (χ2n) is 4.77. The monoisotopic (exact) mass is 430 g/mol. The van der Waals surface area contributed by atoms with E-state index in [9.17, 15) is 4.79 Å². The molecule has 1 unspecified atom stereocenters. The molecule has 7 heteroatoms. The summed E-state index contributed by atoms with van der Waals surface area (Å²) < 4.78 is 6.90. The van der Waals surface area contributed by atoms with Crippen LogP contribution in [0.4, 0.5) is 0 Å². The maximum Gasteiger partial charge on any atom is 0.352 e. The molecule has 1 aromatic heterocycles. The van der Waals surface area contributed by atoms with Crippen molar-refractivity contribution in [3.8, 4) is 17.0 Å². The average Bonchev–Trinajstić information content (AvgIpc) is 2.48. The first-order chi connectivity index (χ1) is 10.4. The Hall–Kier alpha value is -1.48. The van der Waals surface area contributed by atoms with Gasteiger partial charge in [-0.1, -0.05) is 6.92 Å². The van der Waals surface area contributed by atoms with Crippen LogP contribution in [0.2, 0.25) is 0 Å². The Morgan fingerprint density at radius 2 is 2.23 bits per heavy atom. The number of halogens is 1. The van der Waals surface area contributed by atoms with E-state index in [-0.39, 0.29) is 16.6 Å². The van der Waals surface area contributed by atoms with Crippen LogP contribution in [0.25, 0.3) is 11.3 Å². The van der Waals surface area contributed by atoms with Gasteiger partial charge in [0.1, 0.15) is 11.4 Å². The molecule has 0 saturated carbocycles. The first kappa shape index (κ1) is 16.9. The van der Waals surface area contributed by atoms with E-state index in [0.717, 1.165) is 21.3 Å². The van der Waals surface area contributed by atoms with Gasteiger partial charge in [-0.2, -0.15) is 0 Å². The number of nitrogens with zero attached hydrogens (tertiary/aromatic N) is 1. The van der Waals surface area contributed by atoms with Gasteiger partial charge in [-0.3, -0.25) is 0 Å². The van der Waals surface area contributed by atoms with Crippen LogP contribution in [0.5, 0.6) is 5.75 Å². The number of hydrogen-bond donors (Lipinski definition) is 2. The highest BCUT2D eigenvalue weighted by Gasteiger charge is 2.11. The largest absolute Gasteiger partial charge is 0.490 e. The Bertz CT molecular complexity index is 761. The lowest BCUT2D eigenvalue weighted by atomic mass is 10.1. The number of aromatic amines is 1. The van der Waals surface area contributed by atoms with Crippen molar-refractivity contribution in [3.63, 3.8) is 0 Å². The molecule has 1 aromatic carbocycles. The maximum atomic E-state index is 11.1. The van der Waals surface area contributed by atoms with Gasteiger partial charge in [0.15, 0.2) is 4.77 Å². The Kier molecular flexibility index (Phi) is 5.52. The lowest BCUT2D eigenvalue weighted by molar-refractivity contribution is 0.0690. The summed E-state index contributed by atoms with van der Waals surface area (Å²) in [5, 5.41) is 9.08. The van der Waals surface area contributed by atoms with Gasteiger partial charge in [0, 0.05) is 5.56 Å². The van der Waals surface area contributed by atoms with E-state index >= 15 is 0 Å². The van der Waals surface area contributed by atoms with Crippen molar-refractivity contribution < 1.29 is 14.6 Å². The second kappa shape index (κ2) is 7.19. The van der Waals surface area contributed by atoms with Gasteiger partial charge in [0.05, 0.1) is 15.4 Å². The van der Waals surface area contributed by atoms with Crippen molar-refractivity contribution >= 4 is 40.8 Å². The van der Waals surface area contributed by atoms with Gasteiger partial charge in [-0.25, -0.2) is 9.78 Å². The molecule has 0 amide bonds. The highest BCUT2D eigenvalue weighted by Crippen LogP contribution is 2.28. The number of rotatable bonds is 5.